The summed E-state index contributed by atoms with van der Waals surface area (Å²) in [5.41, 5.74) is 0.677. The van der Waals surface area contributed by atoms with Crippen LogP contribution in [0.25, 0.3) is 4.96 Å². The lowest BCUT2D eigenvalue weighted by molar-refractivity contribution is -0.140. The highest BCUT2D eigenvalue weighted by molar-refractivity contribution is 7.99. The number of ether oxygens (including phenoxy) is 1. The first-order valence-electron chi connectivity index (χ1n) is 5.74. The molecular weight excluding hydrogens is 284 g/mol. The van der Waals surface area contributed by atoms with E-state index in [2.05, 4.69) is 9.72 Å². The SMILES string of the molecule is COC(=O)CC(C)SCc1cc(=O)n2ccsc2n1. The second kappa shape index (κ2) is 6.21. The van der Waals surface area contributed by atoms with Gasteiger partial charge in [0.2, 0.25) is 0 Å². The fourth-order valence-electron chi connectivity index (χ4n) is 1.57. The summed E-state index contributed by atoms with van der Waals surface area (Å²) in [6.07, 6.45) is 2.08. The van der Waals surface area contributed by atoms with E-state index in [-0.39, 0.29) is 16.8 Å². The Bertz CT molecular complexity index is 635. The molecule has 19 heavy (non-hydrogen) atoms. The zero-order valence-electron chi connectivity index (χ0n) is 10.7. The Morgan fingerprint density at radius 1 is 1.63 bits per heavy atom. The molecule has 0 aliphatic carbocycles. The zero-order valence-corrected chi connectivity index (χ0v) is 12.3. The fourth-order valence-corrected chi connectivity index (χ4v) is 3.16. The molecule has 102 valence electrons. The average Bonchev–Trinajstić information content (AvgIpc) is 2.85. The Kier molecular flexibility index (Phi) is 4.60. The summed E-state index contributed by atoms with van der Waals surface area (Å²) in [6.45, 7) is 1.96. The van der Waals surface area contributed by atoms with Crippen molar-refractivity contribution >= 4 is 34.0 Å². The summed E-state index contributed by atoms with van der Waals surface area (Å²) in [5, 5.41) is 1.97. The van der Waals surface area contributed by atoms with Gasteiger partial charge in [-0.2, -0.15) is 11.8 Å². The molecule has 2 aromatic rings. The van der Waals surface area contributed by atoms with E-state index in [1.807, 2.05) is 12.3 Å². The number of methoxy groups -OCH3 is 1. The number of hydrogen-bond acceptors (Lipinski definition) is 6. The van der Waals surface area contributed by atoms with Crippen LogP contribution in [-0.4, -0.2) is 27.7 Å². The molecule has 0 amide bonds. The van der Waals surface area contributed by atoms with Gasteiger partial charge in [0, 0.05) is 28.6 Å². The minimum atomic E-state index is -0.221. The van der Waals surface area contributed by atoms with Gasteiger partial charge in [0.1, 0.15) is 0 Å². The minimum Gasteiger partial charge on any atom is -0.469 e. The number of thioether (sulfide) groups is 1. The molecule has 2 aromatic heterocycles. The maximum atomic E-state index is 11.8. The molecule has 0 aliphatic rings. The number of fused-ring (bicyclic) bond motifs is 1. The van der Waals surface area contributed by atoms with Gasteiger partial charge in [-0.15, -0.1) is 11.3 Å². The van der Waals surface area contributed by atoms with E-state index >= 15 is 0 Å². The number of carbonyl (C=O) groups is 1. The van der Waals surface area contributed by atoms with E-state index in [0.29, 0.717) is 17.1 Å². The highest BCUT2D eigenvalue weighted by Crippen LogP contribution is 2.19. The first-order valence-corrected chi connectivity index (χ1v) is 7.67. The third kappa shape index (κ3) is 3.57. The molecule has 0 fully saturated rings. The molecule has 0 aliphatic heterocycles. The first-order chi connectivity index (χ1) is 9.10. The standard InChI is InChI=1S/C12H14N2O3S2/c1-8(5-11(16)17-2)19-7-9-6-10(15)14-3-4-18-12(14)13-9/h3-4,6,8H,5,7H2,1-2H3. The maximum absolute atomic E-state index is 11.8. The van der Waals surface area contributed by atoms with Crippen molar-refractivity contribution in [2.75, 3.05) is 7.11 Å². The normalized spacial score (nSPS) is 12.5. The van der Waals surface area contributed by atoms with Crippen LogP contribution < -0.4 is 5.56 Å². The van der Waals surface area contributed by atoms with Crippen molar-refractivity contribution in [3.63, 3.8) is 0 Å². The van der Waals surface area contributed by atoms with Crippen LogP contribution in [-0.2, 0) is 15.3 Å². The van der Waals surface area contributed by atoms with E-state index in [1.165, 1.54) is 28.9 Å². The first kappa shape index (κ1) is 14.1. The second-order valence-corrected chi connectivity index (χ2v) is 6.34. The Morgan fingerprint density at radius 3 is 3.16 bits per heavy atom. The van der Waals surface area contributed by atoms with Gasteiger partial charge < -0.3 is 4.74 Å². The monoisotopic (exact) mass is 298 g/mol. The Morgan fingerprint density at radius 2 is 2.42 bits per heavy atom. The van der Waals surface area contributed by atoms with Crippen molar-refractivity contribution in [3.8, 4) is 0 Å². The maximum Gasteiger partial charge on any atom is 0.306 e. The molecule has 0 saturated heterocycles. The van der Waals surface area contributed by atoms with Gasteiger partial charge in [0.25, 0.3) is 5.56 Å². The van der Waals surface area contributed by atoms with E-state index in [1.54, 1.807) is 18.0 Å². The molecule has 1 atom stereocenters. The summed E-state index contributed by atoms with van der Waals surface area (Å²) >= 11 is 3.02. The number of carbonyl (C=O) groups excluding carboxylic acids is 1. The molecule has 0 radical (unpaired) electrons. The average molecular weight is 298 g/mol. The quantitative estimate of drug-likeness (QED) is 0.790. The molecule has 0 spiro atoms. The molecule has 0 saturated carbocycles. The number of nitrogens with zero attached hydrogens (tertiary/aromatic N) is 2. The van der Waals surface area contributed by atoms with Gasteiger partial charge in [0.15, 0.2) is 4.96 Å². The van der Waals surface area contributed by atoms with Crippen molar-refractivity contribution in [2.24, 2.45) is 0 Å². The molecule has 2 heterocycles. The topological polar surface area (TPSA) is 60.7 Å². The van der Waals surface area contributed by atoms with Crippen LogP contribution in [0, 0.1) is 0 Å². The van der Waals surface area contributed by atoms with Gasteiger partial charge in [-0.05, 0) is 0 Å². The number of thiazole rings is 1. The molecule has 0 aromatic carbocycles. The van der Waals surface area contributed by atoms with Gasteiger partial charge in [-0.3, -0.25) is 14.0 Å². The van der Waals surface area contributed by atoms with Crippen molar-refractivity contribution in [2.45, 2.75) is 24.3 Å². The van der Waals surface area contributed by atoms with Gasteiger partial charge in [-0.1, -0.05) is 6.92 Å². The number of esters is 1. The van der Waals surface area contributed by atoms with E-state index in [9.17, 15) is 9.59 Å². The van der Waals surface area contributed by atoms with Crippen LogP contribution in [0.1, 0.15) is 19.0 Å². The Hall–Kier alpha value is -1.34. The van der Waals surface area contributed by atoms with Crippen LogP contribution in [0.3, 0.4) is 0 Å². The minimum absolute atomic E-state index is 0.0672. The highest BCUT2D eigenvalue weighted by atomic mass is 32.2. The molecule has 2 rings (SSSR count). The largest absolute Gasteiger partial charge is 0.469 e. The van der Waals surface area contributed by atoms with Crippen LogP contribution >= 0.6 is 23.1 Å². The van der Waals surface area contributed by atoms with Crippen molar-refractivity contribution < 1.29 is 9.53 Å². The summed E-state index contributed by atoms with van der Waals surface area (Å²) in [6, 6.07) is 1.54. The predicted molar refractivity (Wildman–Crippen MR) is 76.7 cm³/mol. The molecule has 5 nitrogen and oxygen atoms in total. The number of aromatic nitrogens is 2. The van der Waals surface area contributed by atoms with Gasteiger partial charge >= 0.3 is 5.97 Å². The Labute approximate surface area is 118 Å². The summed E-state index contributed by atoms with van der Waals surface area (Å²) in [7, 11) is 1.38. The van der Waals surface area contributed by atoms with Crippen LogP contribution in [0.15, 0.2) is 22.4 Å². The van der Waals surface area contributed by atoms with Crippen LogP contribution in [0.4, 0.5) is 0 Å². The van der Waals surface area contributed by atoms with Crippen molar-refractivity contribution in [1.29, 1.82) is 0 Å². The predicted octanol–water partition coefficient (Wildman–Crippen LogP) is 1.94. The lowest BCUT2D eigenvalue weighted by Gasteiger charge is -2.09. The third-order valence-electron chi connectivity index (χ3n) is 2.55. The molecule has 0 N–H and O–H groups in total. The molecule has 1 unspecified atom stereocenters. The van der Waals surface area contributed by atoms with Crippen LogP contribution in [0.2, 0.25) is 0 Å². The highest BCUT2D eigenvalue weighted by Gasteiger charge is 2.11. The van der Waals surface area contributed by atoms with Gasteiger partial charge in [-0.25, -0.2) is 4.98 Å². The van der Waals surface area contributed by atoms with E-state index in [4.69, 9.17) is 0 Å². The fraction of sp³-hybridized carbons (Fsp3) is 0.417. The smallest absolute Gasteiger partial charge is 0.306 e. The van der Waals surface area contributed by atoms with Gasteiger partial charge in [0.05, 0.1) is 19.2 Å². The lowest BCUT2D eigenvalue weighted by atomic mass is 10.3. The van der Waals surface area contributed by atoms with E-state index in [0.717, 1.165) is 5.69 Å². The molecular formula is C12H14N2O3S2. The summed E-state index contributed by atoms with van der Waals surface area (Å²) in [4.78, 5) is 28.0. The third-order valence-corrected chi connectivity index (χ3v) is 4.51. The number of rotatable bonds is 5. The molecule has 0 bridgehead atoms. The number of hydrogen-bond donors (Lipinski definition) is 0. The van der Waals surface area contributed by atoms with Crippen LogP contribution in [0.5, 0.6) is 0 Å². The zero-order chi connectivity index (χ0) is 13.8. The Balaban J connectivity index is 2.01. The molecule has 7 heteroatoms. The van der Waals surface area contributed by atoms with E-state index < -0.39 is 0 Å². The van der Waals surface area contributed by atoms with Crippen molar-refractivity contribution in [1.82, 2.24) is 9.38 Å². The van der Waals surface area contributed by atoms with Crippen molar-refractivity contribution in [3.05, 3.63) is 33.7 Å². The summed E-state index contributed by atoms with van der Waals surface area (Å²) < 4.78 is 6.14. The second-order valence-electron chi connectivity index (χ2n) is 4.04. The lowest BCUT2D eigenvalue weighted by Crippen LogP contribution is -2.13. The summed E-state index contributed by atoms with van der Waals surface area (Å²) in [5.74, 6) is 0.392.